The third-order valence-corrected chi connectivity index (χ3v) is 10.0. The maximum Gasteiger partial charge on any atom is 0.0769 e. The molecule has 0 aromatic rings. The molecule has 0 bridgehead atoms. The summed E-state index contributed by atoms with van der Waals surface area (Å²) in [5, 5.41) is 11.0. The molecule has 0 aromatic heterocycles. The van der Waals surface area contributed by atoms with E-state index < -0.39 is 13.7 Å². The van der Waals surface area contributed by atoms with E-state index in [1.165, 1.54) is 24.8 Å². The van der Waals surface area contributed by atoms with Gasteiger partial charge < -0.3 is 5.11 Å². The smallest absolute Gasteiger partial charge is 0.0769 e. The zero-order valence-electron chi connectivity index (χ0n) is 13.3. The first-order valence-electron chi connectivity index (χ1n) is 7.47. The second kappa shape index (κ2) is 5.50. The Morgan fingerprint density at radius 3 is 2.11 bits per heavy atom. The van der Waals surface area contributed by atoms with E-state index in [1.807, 2.05) is 0 Å². The van der Waals surface area contributed by atoms with Gasteiger partial charge in [0.2, 0.25) is 0 Å². The molecule has 1 rings (SSSR count). The highest BCUT2D eigenvalue weighted by molar-refractivity contribution is 6.84. The standard InChI is InChI=1S/C16H32OSi/c1-14(13-18(5,6)15(2,3)4)12-16(17)10-8-7-9-11-16/h13,17H,7-12H2,1-6H3/b14-13+. The largest absolute Gasteiger partial charge is 0.390 e. The topological polar surface area (TPSA) is 20.2 Å². The predicted octanol–water partition coefficient (Wildman–Crippen LogP) is 5.07. The van der Waals surface area contributed by atoms with E-state index in [4.69, 9.17) is 0 Å². The van der Waals surface area contributed by atoms with Gasteiger partial charge in [0.25, 0.3) is 0 Å². The Hall–Kier alpha value is -0.0831. The van der Waals surface area contributed by atoms with Gasteiger partial charge in [0.15, 0.2) is 0 Å². The van der Waals surface area contributed by atoms with Crippen LogP contribution < -0.4 is 0 Å². The number of aliphatic hydroxyl groups is 1. The Labute approximate surface area is 115 Å². The first kappa shape index (κ1) is 16.0. The van der Waals surface area contributed by atoms with Crippen molar-refractivity contribution >= 4 is 8.07 Å². The molecule has 1 N–H and O–H groups in total. The van der Waals surface area contributed by atoms with Crippen molar-refractivity contribution in [3.63, 3.8) is 0 Å². The molecule has 0 aliphatic heterocycles. The fourth-order valence-electron chi connectivity index (χ4n) is 2.79. The molecule has 106 valence electrons. The van der Waals surface area contributed by atoms with Gasteiger partial charge in [-0.15, -0.1) is 0 Å². The molecular weight excluding hydrogens is 236 g/mol. The van der Waals surface area contributed by atoms with Crippen LogP contribution in [0.3, 0.4) is 0 Å². The second-order valence-electron chi connectivity index (χ2n) is 7.92. The Morgan fingerprint density at radius 1 is 1.17 bits per heavy atom. The van der Waals surface area contributed by atoms with Crippen LogP contribution in [-0.2, 0) is 0 Å². The van der Waals surface area contributed by atoms with Crippen molar-refractivity contribution in [2.45, 2.75) is 90.0 Å². The lowest BCUT2D eigenvalue weighted by molar-refractivity contribution is 0.00461. The van der Waals surface area contributed by atoms with Crippen molar-refractivity contribution in [2.75, 3.05) is 0 Å². The van der Waals surface area contributed by atoms with Crippen molar-refractivity contribution in [3.05, 3.63) is 11.3 Å². The Kier molecular flexibility index (Phi) is 4.88. The quantitative estimate of drug-likeness (QED) is 0.709. The van der Waals surface area contributed by atoms with Gasteiger partial charge in [-0.1, -0.05) is 64.4 Å². The molecule has 0 saturated heterocycles. The minimum absolute atomic E-state index is 0.392. The van der Waals surface area contributed by atoms with E-state index in [9.17, 15) is 5.11 Å². The average molecular weight is 269 g/mol. The number of hydrogen-bond donors (Lipinski definition) is 1. The fourth-order valence-corrected chi connectivity index (χ4v) is 4.56. The van der Waals surface area contributed by atoms with E-state index in [0.29, 0.717) is 5.04 Å². The van der Waals surface area contributed by atoms with Crippen LogP contribution in [0.25, 0.3) is 0 Å². The SMILES string of the molecule is C/C(=C\[Si](C)(C)C(C)(C)C)CC1(O)CCCCC1. The number of rotatable bonds is 3. The van der Waals surface area contributed by atoms with Crippen LogP contribution in [-0.4, -0.2) is 18.8 Å². The first-order chi connectivity index (χ1) is 8.06. The lowest BCUT2D eigenvalue weighted by Crippen LogP contribution is -2.36. The van der Waals surface area contributed by atoms with Crippen molar-refractivity contribution < 1.29 is 5.11 Å². The van der Waals surface area contributed by atoms with E-state index in [-0.39, 0.29) is 0 Å². The van der Waals surface area contributed by atoms with Gasteiger partial charge in [0, 0.05) is 0 Å². The fraction of sp³-hybridized carbons (Fsp3) is 0.875. The molecule has 2 heteroatoms. The zero-order chi connectivity index (χ0) is 14.0. The molecule has 1 saturated carbocycles. The zero-order valence-corrected chi connectivity index (χ0v) is 14.3. The normalized spacial score (nSPS) is 22.1. The third-order valence-electron chi connectivity index (χ3n) is 4.93. The lowest BCUT2D eigenvalue weighted by atomic mass is 9.81. The van der Waals surface area contributed by atoms with Crippen LogP contribution in [0, 0.1) is 0 Å². The van der Waals surface area contributed by atoms with Crippen molar-refractivity contribution in [2.24, 2.45) is 0 Å². The molecule has 0 radical (unpaired) electrons. The van der Waals surface area contributed by atoms with Crippen molar-refractivity contribution in [3.8, 4) is 0 Å². The van der Waals surface area contributed by atoms with Gasteiger partial charge in [-0.05, 0) is 31.2 Å². The van der Waals surface area contributed by atoms with Crippen LogP contribution in [0.5, 0.6) is 0 Å². The average Bonchev–Trinajstić information content (AvgIpc) is 2.14. The molecular formula is C16H32OSi. The van der Waals surface area contributed by atoms with Gasteiger partial charge in [-0.25, -0.2) is 0 Å². The molecule has 1 fully saturated rings. The van der Waals surface area contributed by atoms with E-state index in [0.717, 1.165) is 19.3 Å². The molecule has 1 nitrogen and oxygen atoms in total. The molecule has 1 aliphatic rings. The Bertz CT molecular complexity index is 304. The summed E-state index contributed by atoms with van der Waals surface area (Å²) in [5.74, 6) is 0. The van der Waals surface area contributed by atoms with Crippen LogP contribution in [0.15, 0.2) is 11.3 Å². The van der Waals surface area contributed by atoms with Gasteiger partial charge in [0.1, 0.15) is 0 Å². The minimum Gasteiger partial charge on any atom is -0.390 e. The summed E-state index contributed by atoms with van der Waals surface area (Å²) < 4.78 is 0. The maximum absolute atomic E-state index is 10.6. The summed E-state index contributed by atoms with van der Waals surface area (Å²) in [5.41, 5.74) is 3.52. The monoisotopic (exact) mass is 268 g/mol. The molecule has 0 aromatic carbocycles. The molecule has 0 heterocycles. The molecule has 18 heavy (non-hydrogen) atoms. The Morgan fingerprint density at radius 2 is 1.67 bits per heavy atom. The van der Waals surface area contributed by atoms with Gasteiger partial charge >= 0.3 is 0 Å². The summed E-state index contributed by atoms with van der Waals surface area (Å²) in [6.07, 6.45) is 6.58. The predicted molar refractivity (Wildman–Crippen MR) is 83.6 cm³/mol. The first-order valence-corrected chi connectivity index (χ1v) is 10.5. The van der Waals surface area contributed by atoms with E-state index in [2.05, 4.69) is 46.5 Å². The summed E-state index contributed by atoms with van der Waals surface area (Å²) in [4.78, 5) is 0. The Balaban J connectivity index is 2.72. The van der Waals surface area contributed by atoms with Crippen LogP contribution in [0.4, 0.5) is 0 Å². The highest BCUT2D eigenvalue weighted by atomic mass is 28.3. The summed E-state index contributed by atoms with van der Waals surface area (Å²) in [6, 6.07) is 0. The van der Waals surface area contributed by atoms with Gasteiger partial charge in [0.05, 0.1) is 13.7 Å². The van der Waals surface area contributed by atoms with Gasteiger partial charge in [-0.3, -0.25) is 0 Å². The summed E-state index contributed by atoms with van der Waals surface area (Å²) >= 11 is 0. The summed E-state index contributed by atoms with van der Waals surface area (Å²) in [7, 11) is -1.36. The van der Waals surface area contributed by atoms with Crippen LogP contribution in [0.1, 0.15) is 66.2 Å². The minimum atomic E-state index is -1.36. The second-order valence-corrected chi connectivity index (χ2v) is 13.2. The summed E-state index contributed by atoms with van der Waals surface area (Å²) in [6.45, 7) is 14.1. The molecule has 0 amide bonds. The number of hydrogen-bond acceptors (Lipinski definition) is 1. The van der Waals surface area contributed by atoms with Crippen LogP contribution >= 0.6 is 0 Å². The lowest BCUT2D eigenvalue weighted by Gasteiger charge is -2.37. The molecule has 0 atom stereocenters. The van der Waals surface area contributed by atoms with E-state index in [1.54, 1.807) is 0 Å². The molecule has 0 spiro atoms. The van der Waals surface area contributed by atoms with E-state index >= 15 is 0 Å². The highest BCUT2D eigenvalue weighted by Gasteiger charge is 2.34. The van der Waals surface area contributed by atoms with Crippen LogP contribution in [0.2, 0.25) is 18.1 Å². The van der Waals surface area contributed by atoms with Crippen molar-refractivity contribution in [1.29, 1.82) is 0 Å². The highest BCUT2D eigenvalue weighted by Crippen LogP contribution is 2.39. The molecule has 1 aliphatic carbocycles. The van der Waals surface area contributed by atoms with Crippen molar-refractivity contribution in [1.82, 2.24) is 0 Å². The molecule has 0 unspecified atom stereocenters. The maximum atomic E-state index is 10.6. The third kappa shape index (κ3) is 4.24. The van der Waals surface area contributed by atoms with Gasteiger partial charge in [-0.2, -0.15) is 0 Å².